The first-order valence-corrected chi connectivity index (χ1v) is 11.0. The van der Waals surface area contributed by atoms with Gasteiger partial charge in [0, 0.05) is 11.1 Å². The highest BCUT2D eigenvalue weighted by atomic mass is 16.5. The highest BCUT2D eigenvalue weighted by Gasteiger charge is 2.15. The van der Waals surface area contributed by atoms with E-state index in [1.54, 1.807) is 13.2 Å². The van der Waals surface area contributed by atoms with Gasteiger partial charge in [-0.2, -0.15) is 0 Å². The fraction of sp³-hybridized carbons (Fsp3) is 0.103. The maximum atomic E-state index is 13.0. The Labute approximate surface area is 198 Å². The molecule has 5 aromatic rings. The number of hydrogen-bond donors (Lipinski definition) is 1. The lowest BCUT2D eigenvalue weighted by Gasteiger charge is -2.12. The number of carbonyl (C=O) groups is 1. The number of rotatable bonds is 5. The Morgan fingerprint density at radius 2 is 1.50 bits per heavy atom. The summed E-state index contributed by atoms with van der Waals surface area (Å²) in [5, 5.41) is 2.97. The number of carbonyl (C=O) groups excluding carboxylic acids is 1. The third-order valence-electron chi connectivity index (χ3n) is 5.95. The van der Waals surface area contributed by atoms with Crippen molar-refractivity contribution in [2.75, 3.05) is 12.4 Å². The van der Waals surface area contributed by atoms with Crippen LogP contribution in [0.3, 0.4) is 0 Å². The Bertz CT molecular complexity index is 1450. The Morgan fingerprint density at radius 3 is 2.24 bits per heavy atom. The van der Waals surface area contributed by atoms with Crippen molar-refractivity contribution in [3.63, 3.8) is 0 Å². The molecule has 0 radical (unpaired) electrons. The van der Waals surface area contributed by atoms with Crippen LogP contribution in [0.15, 0.2) is 89.3 Å². The summed E-state index contributed by atoms with van der Waals surface area (Å²) in [6, 6.07) is 27.1. The molecule has 5 heteroatoms. The van der Waals surface area contributed by atoms with Gasteiger partial charge < -0.3 is 14.5 Å². The summed E-state index contributed by atoms with van der Waals surface area (Å²) >= 11 is 0. The van der Waals surface area contributed by atoms with Gasteiger partial charge in [0.15, 0.2) is 5.58 Å². The van der Waals surface area contributed by atoms with E-state index < -0.39 is 0 Å². The Hall–Kier alpha value is -4.38. The third-order valence-corrected chi connectivity index (χ3v) is 5.95. The average molecular weight is 449 g/mol. The highest BCUT2D eigenvalue weighted by molar-refractivity contribution is 6.05. The van der Waals surface area contributed by atoms with Crippen LogP contribution in [0.5, 0.6) is 5.75 Å². The van der Waals surface area contributed by atoms with E-state index in [9.17, 15) is 4.79 Å². The summed E-state index contributed by atoms with van der Waals surface area (Å²) in [5.41, 5.74) is 7.86. The van der Waals surface area contributed by atoms with Crippen LogP contribution in [-0.2, 0) is 0 Å². The summed E-state index contributed by atoms with van der Waals surface area (Å²) in [7, 11) is 1.57. The molecule has 5 nitrogen and oxygen atoms in total. The SMILES string of the molecule is COc1ccc(-c2nc3cc(C)c(C)cc3o2)cc1NC(=O)c1ccc(-c2ccccc2)cc1. The van der Waals surface area contributed by atoms with Crippen molar-refractivity contribution in [3.8, 4) is 28.3 Å². The molecule has 0 atom stereocenters. The molecule has 0 fully saturated rings. The number of aryl methyl sites for hydroxylation is 2. The number of nitrogens with zero attached hydrogens (tertiary/aromatic N) is 1. The smallest absolute Gasteiger partial charge is 0.255 e. The Balaban J connectivity index is 1.42. The van der Waals surface area contributed by atoms with E-state index in [1.807, 2.05) is 85.8 Å². The molecular weight excluding hydrogens is 424 g/mol. The number of anilines is 1. The molecular formula is C29H24N2O3. The van der Waals surface area contributed by atoms with Gasteiger partial charge in [-0.15, -0.1) is 0 Å². The van der Waals surface area contributed by atoms with Crippen LogP contribution < -0.4 is 10.1 Å². The lowest BCUT2D eigenvalue weighted by atomic mass is 10.0. The van der Waals surface area contributed by atoms with E-state index in [0.29, 0.717) is 22.9 Å². The molecule has 0 saturated heterocycles. The van der Waals surface area contributed by atoms with Crippen molar-refractivity contribution in [1.82, 2.24) is 4.98 Å². The van der Waals surface area contributed by atoms with Crippen LogP contribution in [0.1, 0.15) is 21.5 Å². The van der Waals surface area contributed by atoms with E-state index in [2.05, 4.69) is 17.2 Å². The van der Waals surface area contributed by atoms with E-state index >= 15 is 0 Å². The lowest BCUT2D eigenvalue weighted by molar-refractivity contribution is 0.102. The van der Waals surface area contributed by atoms with E-state index in [0.717, 1.165) is 38.9 Å². The van der Waals surface area contributed by atoms with Crippen LogP contribution in [0, 0.1) is 13.8 Å². The van der Waals surface area contributed by atoms with Crippen molar-refractivity contribution in [1.29, 1.82) is 0 Å². The largest absolute Gasteiger partial charge is 0.495 e. The van der Waals surface area contributed by atoms with E-state index in [4.69, 9.17) is 9.15 Å². The second kappa shape index (κ2) is 8.87. The molecule has 0 saturated carbocycles. The average Bonchev–Trinajstić information content (AvgIpc) is 3.27. The van der Waals surface area contributed by atoms with Gasteiger partial charge in [0.2, 0.25) is 5.89 Å². The number of hydrogen-bond acceptors (Lipinski definition) is 4. The van der Waals surface area contributed by atoms with Crippen LogP contribution in [0.25, 0.3) is 33.7 Å². The van der Waals surface area contributed by atoms with E-state index in [-0.39, 0.29) is 5.91 Å². The topological polar surface area (TPSA) is 64.4 Å². The first-order chi connectivity index (χ1) is 16.5. The number of fused-ring (bicyclic) bond motifs is 1. The van der Waals surface area contributed by atoms with Crippen molar-refractivity contribution in [2.24, 2.45) is 0 Å². The molecule has 0 aliphatic carbocycles. The van der Waals surface area contributed by atoms with Crippen LogP contribution in [0.2, 0.25) is 0 Å². The van der Waals surface area contributed by atoms with Crippen molar-refractivity contribution < 1.29 is 13.9 Å². The molecule has 1 N–H and O–H groups in total. The van der Waals surface area contributed by atoms with Crippen LogP contribution in [-0.4, -0.2) is 18.0 Å². The fourth-order valence-corrected chi connectivity index (χ4v) is 3.88. The molecule has 0 spiro atoms. The normalized spacial score (nSPS) is 10.9. The summed E-state index contributed by atoms with van der Waals surface area (Å²) in [4.78, 5) is 17.6. The number of aromatic nitrogens is 1. The Kier molecular flexibility index (Phi) is 5.60. The minimum Gasteiger partial charge on any atom is -0.495 e. The molecule has 1 heterocycles. The number of amides is 1. The van der Waals surface area contributed by atoms with Crippen LogP contribution in [0.4, 0.5) is 5.69 Å². The molecule has 0 bridgehead atoms. The number of nitrogens with one attached hydrogen (secondary N) is 1. The van der Waals surface area contributed by atoms with Crippen molar-refractivity contribution >= 4 is 22.7 Å². The third kappa shape index (κ3) is 4.16. The lowest BCUT2D eigenvalue weighted by Crippen LogP contribution is -2.12. The summed E-state index contributed by atoms with van der Waals surface area (Å²) in [6.45, 7) is 4.10. The second-order valence-corrected chi connectivity index (χ2v) is 8.24. The molecule has 4 aromatic carbocycles. The molecule has 1 amide bonds. The predicted octanol–water partition coefficient (Wildman–Crippen LogP) is 7.04. The maximum Gasteiger partial charge on any atom is 0.255 e. The molecule has 0 aliphatic rings. The minimum absolute atomic E-state index is 0.223. The molecule has 5 rings (SSSR count). The summed E-state index contributed by atoms with van der Waals surface area (Å²) in [6.07, 6.45) is 0. The fourth-order valence-electron chi connectivity index (χ4n) is 3.88. The van der Waals surface area contributed by atoms with Gasteiger partial charge in [-0.25, -0.2) is 4.98 Å². The van der Waals surface area contributed by atoms with Gasteiger partial charge in [0.1, 0.15) is 11.3 Å². The van der Waals surface area contributed by atoms with Crippen LogP contribution >= 0.6 is 0 Å². The molecule has 0 unspecified atom stereocenters. The highest BCUT2D eigenvalue weighted by Crippen LogP contribution is 2.33. The monoisotopic (exact) mass is 448 g/mol. The van der Waals surface area contributed by atoms with Crippen molar-refractivity contribution in [3.05, 3.63) is 102 Å². The van der Waals surface area contributed by atoms with Gasteiger partial charge in [-0.3, -0.25) is 4.79 Å². The zero-order valence-corrected chi connectivity index (χ0v) is 19.3. The quantitative estimate of drug-likeness (QED) is 0.313. The van der Waals surface area contributed by atoms with E-state index in [1.165, 1.54) is 0 Å². The maximum absolute atomic E-state index is 13.0. The summed E-state index contributed by atoms with van der Waals surface area (Å²) in [5.74, 6) is 0.824. The van der Waals surface area contributed by atoms with Gasteiger partial charge in [-0.1, -0.05) is 42.5 Å². The number of ether oxygens (including phenoxy) is 1. The predicted molar refractivity (Wildman–Crippen MR) is 135 cm³/mol. The first-order valence-electron chi connectivity index (χ1n) is 11.0. The minimum atomic E-state index is -0.223. The standard InChI is InChI=1S/C29H24N2O3/c1-18-15-24-27(16-19(18)2)34-29(31-24)23-13-14-26(33-3)25(17-23)30-28(32)22-11-9-21(10-12-22)20-7-5-4-6-8-20/h4-17H,1-3H3,(H,30,32). The summed E-state index contributed by atoms with van der Waals surface area (Å²) < 4.78 is 11.5. The number of oxazole rings is 1. The van der Waals surface area contributed by atoms with Gasteiger partial charge >= 0.3 is 0 Å². The molecule has 34 heavy (non-hydrogen) atoms. The zero-order valence-electron chi connectivity index (χ0n) is 19.3. The molecule has 168 valence electrons. The first kappa shape index (κ1) is 21.5. The molecule has 0 aliphatic heterocycles. The van der Waals surface area contributed by atoms with Gasteiger partial charge in [0.25, 0.3) is 5.91 Å². The zero-order chi connectivity index (χ0) is 23.7. The van der Waals surface area contributed by atoms with Gasteiger partial charge in [0.05, 0.1) is 12.8 Å². The second-order valence-electron chi connectivity index (χ2n) is 8.24. The number of methoxy groups -OCH3 is 1. The number of benzene rings is 4. The Morgan fingerprint density at radius 1 is 0.824 bits per heavy atom. The van der Waals surface area contributed by atoms with Crippen molar-refractivity contribution in [2.45, 2.75) is 13.8 Å². The van der Waals surface area contributed by atoms with Gasteiger partial charge in [-0.05, 0) is 78.6 Å². The molecule has 1 aromatic heterocycles.